The number of likely N-dealkylation sites (tertiary alicyclic amines) is 2. The zero-order chi connectivity index (χ0) is 41.2. The molecule has 0 bridgehead atoms. The summed E-state index contributed by atoms with van der Waals surface area (Å²) in [5.41, 5.74) is 15.6. The number of aliphatic hydroxyl groups is 1. The van der Waals surface area contributed by atoms with Gasteiger partial charge in [0.2, 0.25) is 0 Å². The smallest absolute Gasteiger partial charge is 0.407 e. The summed E-state index contributed by atoms with van der Waals surface area (Å²) in [5, 5.41) is 19.1. The molecule has 2 fully saturated rings. The first kappa shape index (κ1) is 40.4. The molecule has 3 aromatic carbocycles. The normalized spacial score (nSPS) is 19.5. The summed E-state index contributed by atoms with van der Waals surface area (Å²) < 4.78 is 13.5. The minimum Gasteiger partial charge on any atom is -0.472 e. The van der Waals surface area contributed by atoms with Gasteiger partial charge in [-0.15, -0.1) is 0 Å². The number of aliphatic hydroxyl groups excluding tert-OH is 1. The molecule has 13 heteroatoms. The third kappa shape index (κ3) is 8.56. The van der Waals surface area contributed by atoms with Crippen molar-refractivity contribution < 1.29 is 19.4 Å². The second-order valence-corrected chi connectivity index (χ2v) is 16.9. The van der Waals surface area contributed by atoms with Crippen LogP contribution in [0, 0.1) is 5.92 Å². The van der Waals surface area contributed by atoms with Crippen LogP contribution in [0.5, 0.6) is 5.75 Å². The van der Waals surface area contributed by atoms with Gasteiger partial charge in [0, 0.05) is 61.0 Å². The van der Waals surface area contributed by atoms with Crippen LogP contribution in [-0.4, -0.2) is 99.9 Å². The Morgan fingerprint density at radius 3 is 2.75 bits per heavy atom. The second kappa shape index (κ2) is 17.5. The summed E-state index contributed by atoms with van der Waals surface area (Å²) in [6.07, 6.45) is 6.90. The average molecular weight is 802 g/mol. The van der Waals surface area contributed by atoms with Crippen LogP contribution < -0.4 is 21.1 Å². The van der Waals surface area contributed by atoms with E-state index in [1.165, 1.54) is 7.11 Å². The minimum absolute atomic E-state index is 0.0221. The molecule has 5 aromatic rings. The highest BCUT2D eigenvalue weighted by Crippen LogP contribution is 2.41. The van der Waals surface area contributed by atoms with Crippen LogP contribution >= 0.6 is 0 Å². The third-order valence-electron chi connectivity index (χ3n) is 12.3. The van der Waals surface area contributed by atoms with Crippen molar-refractivity contribution >= 4 is 22.7 Å². The lowest BCUT2D eigenvalue weighted by atomic mass is 10.0. The van der Waals surface area contributed by atoms with E-state index >= 15 is 0 Å². The number of nitrogens with one attached hydrogen (secondary N) is 3. The van der Waals surface area contributed by atoms with Gasteiger partial charge in [-0.1, -0.05) is 50.2 Å². The standard InChI is InChI=1S/C46H59N9O4/c1-29(2)39(51-46(57)58-5)27-53-18-9-13-41(53)44-49-25-38(50-44)31-14-16-36-42-21-33-20-30(15-17-40(33)55(42)28-59-43(36)22-31)37(47)24-48-23-34-11-8-19-54(34)45(56)35-12-7-6-10-32(35)26-52(3)4/h6-7,10,12,14-17,20-22,24-25,29,34,39,41,45,48,56H,8-9,11,13,18-19,23,26-28,47H2,1-5H3,(H,49,50)(H,51,57)/b37-24-/t34-,39-,41+,45?/m0/s1. The van der Waals surface area contributed by atoms with Crippen LogP contribution in [0.1, 0.15) is 74.3 Å². The van der Waals surface area contributed by atoms with Gasteiger partial charge in [0.1, 0.15) is 17.8 Å². The lowest BCUT2D eigenvalue weighted by Gasteiger charge is -2.31. The van der Waals surface area contributed by atoms with Gasteiger partial charge in [-0.3, -0.25) is 9.80 Å². The SMILES string of the molecule is COC(=O)N[C@@H](CN1CCC[C@@H]1c1ncc(-c2ccc3c(c2)OCn2c-3cc3cc(/C(N)=C/NC[C@@H]4CCCN4C(O)c4ccccc4CN(C)C)ccc32)[nH]1)C(C)C. The first-order chi connectivity index (χ1) is 28.6. The lowest BCUT2D eigenvalue weighted by Crippen LogP contribution is -2.46. The molecule has 2 aromatic heterocycles. The minimum atomic E-state index is -0.648. The molecule has 6 N–H and O–H groups in total. The van der Waals surface area contributed by atoms with Crippen LogP contribution in [0.15, 0.2) is 79.1 Å². The number of aromatic nitrogens is 3. The molecule has 3 aliphatic rings. The van der Waals surface area contributed by atoms with Crippen LogP contribution in [0.2, 0.25) is 0 Å². The Labute approximate surface area is 347 Å². The maximum absolute atomic E-state index is 12.0. The Kier molecular flexibility index (Phi) is 12.0. The predicted octanol–water partition coefficient (Wildman–Crippen LogP) is 6.63. The summed E-state index contributed by atoms with van der Waals surface area (Å²) in [6, 6.07) is 23.4. The monoisotopic (exact) mass is 801 g/mol. The summed E-state index contributed by atoms with van der Waals surface area (Å²) in [7, 11) is 5.51. The summed E-state index contributed by atoms with van der Waals surface area (Å²) in [6.45, 7) is 8.66. The van der Waals surface area contributed by atoms with Crippen molar-refractivity contribution in [3.63, 3.8) is 0 Å². The van der Waals surface area contributed by atoms with Crippen molar-refractivity contribution in [2.24, 2.45) is 11.7 Å². The number of hydrogen-bond acceptors (Lipinski definition) is 10. The van der Waals surface area contributed by atoms with Crippen molar-refractivity contribution in [2.75, 3.05) is 47.4 Å². The van der Waals surface area contributed by atoms with Crippen molar-refractivity contribution in [1.29, 1.82) is 0 Å². The van der Waals surface area contributed by atoms with Gasteiger partial charge >= 0.3 is 6.09 Å². The van der Waals surface area contributed by atoms with Gasteiger partial charge < -0.3 is 45.4 Å². The van der Waals surface area contributed by atoms with E-state index in [0.29, 0.717) is 19.0 Å². The number of fused-ring (bicyclic) bond motifs is 5. The number of ether oxygens (including phenoxy) is 2. The van der Waals surface area contributed by atoms with Crippen LogP contribution in [0.3, 0.4) is 0 Å². The zero-order valence-electron chi connectivity index (χ0n) is 34.9. The fourth-order valence-electron chi connectivity index (χ4n) is 9.10. The summed E-state index contributed by atoms with van der Waals surface area (Å²) >= 11 is 0. The molecule has 5 heterocycles. The number of nitrogens with two attached hydrogens (primary N) is 1. The largest absolute Gasteiger partial charge is 0.472 e. The van der Waals surface area contributed by atoms with Gasteiger partial charge in [0.25, 0.3) is 0 Å². The van der Waals surface area contributed by atoms with E-state index in [2.05, 4.69) is 111 Å². The highest BCUT2D eigenvalue weighted by Gasteiger charge is 2.33. The summed E-state index contributed by atoms with van der Waals surface area (Å²) in [5.74, 6) is 2.04. The van der Waals surface area contributed by atoms with E-state index in [1.54, 1.807) is 0 Å². The molecule has 2 saturated heterocycles. The van der Waals surface area contributed by atoms with E-state index in [-0.39, 0.29) is 24.0 Å². The molecule has 8 rings (SSSR count). The van der Waals surface area contributed by atoms with Crippen LogP contribution in [-0.2, 0) is 18.0 Å². The molecule has 312 valence electrons. The molecule has 3 aliphatic heterocycles. The van der Waals surface area contributed by atoms with Crippen molar-refractivity contribution in [3.05, 3.63) is 102 Å². The Hall–Kier alpha value is -5.34. The molecule has 59 heavy (non-hydrogen) atoms. The predicted molar refractivity (Wildman–Crippen MR) is 232 cm³/mol. The number of alkyl carbamates (subject to hydrolysis) is 1. The highest BCUT2D eigenvalue weighted by molar-refractivity contribution is 5.91. The van der Waals surface area contributed by atoms with Crippen molar-refractivity contribution in [2.45, 2.75) is 77.2 Å². The molecule has 0 spiro atoms. The maximum atomic E-state index is 12.0. The molecule has 0 aliphatic carbocycles. The van der Waals surface area contributed by atoms with Gasteiger partial charge in [0.15, 0.2) is 6.73 Å². The second-order valence-electron chi connectivity index (χ2n) is 16.9. The number of amides is 1. The number of nitrogens with zero attached hydrogens (tertiary/aromatic N) is 5. The number of aromatic amines is 1. The maximum Gasteiger partial charge on any atom is 0.407 e. The number of H-pyrrole nitrogens is 1. The first-order valence-corrected chi connectivity index (χ1v) is 21.0. The number of methoxy groups -OCH3 is 1. The fraction of sp³-hybridized carbons (Fsp3) is 0.435. The molecule has 0 radical (unpaired) electrons. The number of hydrogen-bond donors (Lipinski definition) is 5. The number of carbonyl (C=O) groups excluding carboxylic acids is 1. The number of imidazole rings is 1. The highest BCUT2D eigenvalue weighted by atomic mass is 16.5. The van der Waals surface area contributed by atoms with E-state index in [1.807, 2.05) is 30.6 Å². The van der Waals surface area contributed by atoms with Gasteiger partial charge in [0.05, 0.1) is 42.0 Å². The molecule has 1 amide bonds. The van der Waals surface area contributed by atoms with Gasteiger partial charge in [-0.2, -0.15) is 0 Å². The van der Waals surface area contributed by atoms with E-state index in [9.17, 15) is 9.90 Å². The van der Waals surface area contributed by atoms with E-state index in [4.69, 9.17) is 20.2 Å². The molecule has 1 unspecified atom stereocenters. The molecule has 0 saturated carbocycles. The third-order valence-corrected chi connectivity index (χ3v) is 12.3. The van der Waals surface area contributed by atoms with Crippen LogP contribution in [0.25, 0.3) is 39.1 Å². The number of benzene rings is 3. The Morgan fingerprint density at radius 1 is 1.10 bits per heavy atom. The average Bonchev–Trinajstić information content (AvgIpc) is 4.06. The number of carbonyl (C=O) groups is 1. The van der Waals surface area contributed by atoms with E-state index in [0.717, 1.165) is 114 Å². The van der Waals surface area contributed by atoms with Gasteiger partial charge in [-0.25, -0.2) is 9.78 Å². The summed E-state index contributed by atoms with van der Waals surface area (Å²) in [4.78, 5) is 27.2. The molecule has 4 atom stereocenters. The fourth-order valence-corrected chi connectivity index (χ4v) is 9.10. The Bertz CT molecular complexity index is 2300. The van der Waals surface area contributed by atoms with E-state index < -0.39 is 12.3 Å². The first-order valence-electron chi connectivity index (χ1n) is 21.0. The molecule has 13 nitrogen and oxygen atoms in total. The quantitative estimate of drug-likeness (QED) is 0.0829. The lowest BCUT2D eigenvalue weighted by molar-refractivity contribution is -0.00706. The van der Waals surface area contributed by atoms with Gasteiger partial charge in [-0.05, 0) is 99.3 Å². The van der Waals surface area contributed by atoms with Crippen molar-refractivity contribution in [1.82, 2.24) is 39.9 Å². The molecular weight excluding hydrogens is 743 g/mol. The Balaban J connectivity index is 0.933. The van der Waals surface area contributed by atoms with Crippen LogP contribution in [0.4, 0.5) is 4.79 Å². The topological polar surface area (TPSA) is 149 Å². The zero-order valence-corrected chi connectivity index (χ0v) is 34.9. The molecular formula is C46H59N9O4. The number of rotatable bonds is 14. The van der Waals surface area contributed by atoms with Crippen molar-refractivity contribution in [3.8, 4) is 28.3 Å². The Morgan fingerprint density at radius 2 is 1.93 bits per heavy atom.